The van der Waals surface area contributed by atoms with Gasteiger partial charge in [-0.25, -0.2) is 14.6 Å². The lowest BCUT2D eigenvalue weighted by molar-refractivity contribution is -0.140. The Balaban J connectivity index is 1.88. The van der Waals surface area contributed by atoms with E-state index in [0.29, 0.717) is 18.2 Å². The molecule has 8 heteroatoms. The molecule has 2 atom stereocenters. The molecule has 1 saturated heterocycles. The van der Waals surface area contributed by atoms with Crippen molar-refractivity contribution < 1.29 is 14.7 Å². The van der Waals surface area contributed by atoms with Gasteiger partial charge in [0, 0.05) is 30.7 Å². The first kappa shape index (κ1) is 13.7. The monoisotopic (exact) mass is 284 g/mol. The van der Waals surface area contributed by atoms with Gasteiger partial charge in [-0.05, 0) is 6.92 Å². The van der Waals surface area contributed by atoms with Gasteiger partial charge in [-0.3, -0.25) is 0 Å². The SMILES string of the molecule is CC(Cn1ccnc1)NC(=O)N1CSC[C@H]1C(=O)O. The molecule has 1 unspecified atom stereocenters. The highest BCUT2D eigenvalue weighted by atomic mass is 32.2. The Morgan fingerprint density at radius 1 is 1.63 bits per heavy atom. The zero-order chi connectivity index (χ0) is 13.8. The lowest BCUT2D eigenvalue weighted by Crippen LogP contribution is -2.49. The van der Waals surface area contributed by atoms with Gasteiger partial charge < -0.3 is 19.9 Å². The molecular weight excluding hydrogens is 268 g/mol. The molecule has 104 valence electrons. The Morgan fingerprint density at radius 2 is 2.42 bits per heavy atom. The summed E-state index contributed by atoms with van der Waals surface area (Å²) in [5.74, 6) is -0.0957. The molecule has 19 heavy (non-hydrogen) atoms. The zero-order valence-electron chi connectivity index (χ0n) is 10.5. The maximum absolute atomic E-state index is 12.0. The number of carboxylic acid groups (broad SMARTS) is 1. The molecule has 1 aromatic heterocycles. The summed E-state index contributed by atoms with van der Waals surface area (Å²) in [6.45, 7) is 2.47. The van der Waals surface area contributed by atoms with Crippen LogP contribution in [0.5, 0.6) is 0 Å². The summed E-state index contributed by atoms with van der Waals surface area (Å²) < 4.78 is 1.86. The average molecular weight is 284 g/mol. The predicted molar refractivity (Wildman–Crippen MR) is 70.8 cm³/mol. The number of hydrogen-bond acceptors (Lipinski definition) is 4. The maximum Gasteiger partial charge on any atom is 0.327 e. The molecular formula is C11H16N4O3S. The van der Waals surface area contributed by atoms with Crippen LogP contribution in [0.3, 0.4) is 0 Å². The van der Waals surface area contributed by atoms with E-state index in [1.807, 2.05) is 17.7 Å². The topological polar surface area (TPSA) is 87.5 Å². The Kier molecular flexibility index (Phi) is 4.31. The summed E-state index contributed by atoms with van der Waals surface area (Å²) in [5.41, 5.74) is 0. The fourth-order valence-electron chi connectivity index (χ4n) is 1.90. The third kappa shape index (κ3) is 3.40. The number of urea groups is 1. The number of aromatic nitrogens is 2. The van der Waals surface area contributed by atoms with Gasteiger partial charge in [-0.2, -0.15) is 0 Å². The van der Waals surface area contributed by atoms with E-state index in [0.717, 1.165) is 0 Å². The van der Waals surface area contributed by atoms with E-state index in [4.69, 9.17) is 5.11 Å². The van der Waals surface area contributed by atoms with E-state index in [2.05, 4.69) is 10.3 Å². The lowest BCUT2D eigenvalue weighted by Gasteiger charge is -2.23. The summed E-state index contributed by atoms with van der Waals surface area (Å²) in [5, 5.41) is 11.8. The van der Waals surface area contributed by atoms with Crippen LogP contribution in [0, 0.1) is 0 Å². The second kappa shape index (κ2) is 5.96. The first-order valence-electron chi connectivity index (χ1n) is 5.91. The molecule has 0 spiro atoms. The second-order valence-electron chi connectivity index (χ2n) is 4.43. The number of rotatable bonds is 4. The number of imidazole rings is 1. The minimum Gasteiger partial charge on any atom is -0.480 e. The van der Waals surface area contributed by atoms with Crippen LogP contribution in [0.15, 0.2) is 18.7 Å². The summed E-state index contributed by atoms with van der Waals surface area (Å²) in [7, 11) is 0. The van der Waals surface area contributed by atoms with Crippen molar-refractivity contribution in [2.24, 2.45) is 0 Å². The number of hydrogen-bond donors (Lipinski definition) is 2. The number of thioether (sulfide) groups is 1. The lowest BCUT2D eigenvalue weighted by atomic mass is 10.3. The quantitative estimate of drug-likeness (QED) is 0.837. The molecule has 1 fully saturated rings. The van der Waals surface area contributed by atoms with Crippen molar-refractivity contribution in [3.63, 3.8) is 0 Å². The molecule has 7 nitrogen and oxygen atoms in total. The standard InChI is InChI=1S/C11H16N4O3S/c1-8(4-14-3-2-12-6-14)13-11(18)15-7-19-5-9(15)10(16)17/h2-3,6,8-9H,4-5,7H2,1H3,(H,13,18)(H,16,17)/t8?,9-/m0/s1. The third-order valence-electron chi connectivity index (χ3n) is 2.84. The van der Waals surface area contributed by atoms with Crippen LogP contribution in [0.1, 0.15) is 6.92 Å². The number of aliphatic carboxylic acids is 1. The highest BCUT2D eigenvalue weighted by molar-refractivity contribution is 7.99. The van der Waals surface area contributed by atoms with Gasteiger partial charge in [0.15, 0.2) is 0 Å². The maximum atomic E-state index is 12.0. The van der Waals surface area contributed by atoms with Crippen LogP contribution in [0.25, 0.3) is 0 Å². The van der Waals surface area contributed by atoms with Crippen molar-refractivity contribution in [2.75, 3.05) is 11.6 Å². The van der Waals surface area contributed by atoms with Crippen LogP contribution in [0.4, 0.5) is 4.79 Å². The summed E-state index contributed by atoms with van der Waals surface area (Å²) in [6.07, 6.45) is 5.16. The average Bonchev–Trinajstić information content (AvgIpc) is 2.97. The number of nitrogens with zero attached hydrogens (tertiary/aromatic N) is 3. The molecule has 0 radical (unpaired) electrons. The molecule has 0 bridgehead atoms. The summed E-state index contributed by atoms with van der Waals surface area (Å²) in [4.78, 5) is 28.3. The molecule has 2 rings (SSSR count). The number of carbonyl (C=O) groups excluding carboxylic acids is 1. The van der Waals surface area contributed by atoms with Gasteiger partial charge in [-0.15, -0.1) is 11.8 Å². The van der Waals surface area contributed by atoms with Crippen LogP contribution in [-0.4, -0.2) is 55.3 Å². The van der Waals surface area contributed by atoms with Gasteiger partial charge in [0.1, 0.15) is 6.04 Å². The zero-order valence-corrected chi connectivity index (χ0v) is 11.3. The van der Waals surface area contributed by atoms with Gasteiger partial charge >= 0.3 is 12.0 Å². The molecule has 0 saturated carbocycles. The van der Waals surface area contributed by atoms with Gasteiger partial charge in [0.2, 0.25) is 0 Å². The molecule has 1 aliphatic heterocycles. The molecule has 0 aromatic carbocycles. The largest absolute Gasteiger partial charge is 0.480 e. The van der Waals surface area contributed by atoms with Crippen molar-refractivity contribution in [3.05, 3.63) is 18.7 Å². The molecule has 2 amide bonds. The molecule has 2 N–H and O–H groups in total. The molecule has 1 aliphatic rings. The fourth-order valence-corrected chi connectivity index (χ4v) is 3.04. The summed E-state index contributed by atoms with van der Waals surface area (Å²) >= 11 is 1.45. The van der Waals surface area contributed by atoms with Crippen molar-refractivity contribution in [1.29, 1.82) is 0 Å². The molecule has 1 aromatic rings. The van der Waals surface area contributed by atoms with E-state index in [9.17, 15) is 9.59 Å². The Labute approximate surface area is 115 Å². The first-order chi connectivity index (χ1) is 9.08. The number of nitrogens with one attached hydrogen (secondary N) is 1. The van der Waals surface area contributed by atoms with Gasteiger partial charge in [0.25, 0.3) is 0 Å². The normalized spacial score (nSPS) is 20.3. The Bertz CT molecular complexity index is 451. The second-order valence-corrected chi connectivity index (χ2v) is 5.43. The van der Waals surface area contributed by atoms with Crippen molar-refractivity contribution in [1.82, 2.24) is 19.8 Å². The van der Waals surface area contributed by atoms with E-state index in [1.54, 1.807) is 12.5 Å². The Hall–Kier alpha value is -1.70. The summed E-state index contributed by atoms with van der Waals surface area (Å²) in [6, 6.07) is -1.16. The minimum atomic E-state index is -0.956. The highest BCUT2D eigenvalue weighted by Gasteiger charge is 2.34. The predicted octanol–water partition coefficient (Wildman–Crippen LogP) is 0.441. The smallest absolute Gasteiger partial charge is 0.327 e. The van der Waals surface area contributed by atoms with Crippen LogP contribution in [0.2, 0.25) is 0 Å². The molecule has 2 heterocycles. The van der Waals surface area contributed by atoms with E-state index in [-0.39, 0.29) is 12.1 Å². The van der Waals surface area contributed by atoms with Crippen molar-refractivity contribution in [3.8, 4) is 0 Å². The molecule has 0 aliphatic carbocycles. The Morgan fingerprint density at radius 3 is 3.05 bits per heavy atom. The van der Waals surface area contributed by atoms with Crippen LogP contribution < -0.4 is 5.32 Å². The number of carboxylic acids is 1. The van der Waals surface area contributed by atoms with Crippen LogP contribution >= 0.6 is 11.8 Å². The third-order valence-corrected chi connectivity index (χ3v) is 3.85. The van der Waals surface area contributed by atoms with E-state index in [1.165, 1.54) is 16.7 Å². The highest BCUT2D eigenvalue weighted by Crippen LogP contribution is 2.20. The van der Waals surface area contributed by atoms with Crippen molar-refractivity contribution >= 4 is 23.8 Å². The van der Waals surface area contributed by atoms with E-state index < -0.39 is 12.0 Å². The van der Waals surface area contributed by atoms with Crippen LogP contribution in [-0.2, 0) is 11.3 Å². The fraction of sp³-hybridized carbons (Fsp3) is 0.545. The van der Waals surface area contributed by atoms with Gasteiger partial charge in [0.05, 0.1) is 12.2 Å². The minimum absolute atomic E-state index is 0.0956. The van der Waals surface area contributed by atoms with Crippen molar-refractivity contribution in [2.45, 2.75) is 25.6 Å². The van der Waals surface area contributed by atoms with E-state index >= 15 is 0 Å². The van der Waals surface area contributed by atoms with Gasteiger partial charge in [-0.1, -0.05) is 0 Å². The number of carbonyl (C=O) groups is 2. The number of amides is 2. The first-order valence-corrected chi connectivity index (χ1v) is 7.07.